The predicted octanol–water partition coefficient (Wildman–Crippen LogP) is 1.64. The molecule has 3 N–H and O–H groups in total. The first kappa shape index (κ1) is 7.35. The lowest BCUT2D eigenvalue weighted by Gasteiger charge is -1.98. The second kappa shape index (κ2) is 2.25. The van der Waals surface area contributed by atoms with E-state index in [2.05, 4.69) is 10.2 Å². The van der Waals surface area contributed by atoms with Gasteiger partial charge in [-0.1, -0.05) is 6.42 Å². The largest absolute Gasteiger partial charge is 0.380 e. The van der Waals surface area contributed by atoms with Gasteiger partial charge < -0.3 is 5.73 Å². The molecule has 0 spiro atoms. The van der Waals surface area contributed by atoms with Gasteiger partial charge in [0, 0.05) is 5.92 Å². The highest BCUT2D eigenvalue weighted by atomic mass is 19.1. The molecule has 2 fully saturated rings. The zero-order valence-corrected chi connectivity index (χ0v) is 7.26. The van der Waals surface area contributed by atoms with Crippen LogP contribution in [0, 0.1) is 17.7 Å². The van der Waals surface area contributed by atoms with Crippen molar-refractivity contribution in [2.45, 2.75) is 25.2 Å². The third-order valence-corrected chi connectivity index (χ3v) is 3.50. The van der Waals surface area contributed by atoms with Crippen molar-refractivity contribution >= 4 is 5.82 Å². The first-order chi connectivity index (χ1) is 6.29. The number of anilines is 1. The standard InChI is InChI=1S/C9H12FN3/c10-7-8(12-13-9(7)11)6-4-2-1-3-5(4)6/h4-6H,1-3H2,(H3,11,12,13). The molecule has 3 nitrogen and oxygen atoms in total. The van der Waals surface area contributed by atoms with Gasteiger partial charge in [-0.2, -0.15) is 5.10 Å². The number of fused-ring (bicyclic) bond motifs is 1. The van der Waals surface area contributed by atoms with Gasteiger partial charge in [0.15, 0.2) is 11.6 Å². The monoisotopic (exact) mass is 181 g/mol. The summed E-state index contributed by atoms with van der Waals surface area (Å²) in [5.41, 5.74) is 5.98. The third kappa shape index (κ3) is 0.857. The van der Waals surface area contributed by atoms with Crippen molar-refractivity contribution in [2.75, 3.05) is 5.73 Å². The number of aromatic amines is 1. The van der Waals surface area contributed by atoms with E-state index in [-0.39, 0.29) is 11.6 Å². The topological polar surface area (TPSA) is 54.7 Å². The number of halogens is 1. The van der Waals surface area contributed by atoms with Gasteiger partial charge in [0.2, 0.25) is 0 Å². The Morgan fingerprint density at radius 2 is 2.08 bits per heavy atom. The maximum absolute atomic E-state index is 13.3. The van der Waals surface area contributed by atoms with E-state index in [9.17, 15) is 4.39 Å². The SMILES string of the molecule is Nc1n[nH]c(C2C3CCCC32)c1F. The number of H-pyrrole nitrogens is 1. The van der Waals surface area contributed by atoms with Crippen molar-refractivity contribution in [1.82, 2.24) is 10.2 Å². The lowest BCUT2D eigenvalue weighted by molar-refractivity contribution is 0.589. The molecule has 70 valence electrons. The molecule has 2 atom stereocenters. The second-order valence-electron chi connectivity index (χ2n) is 4.12. The highest BCUT2D eigenvalue weighted by molar-refractivity contribution is 5.36. The average Bonchev–Trinajstić information content (AvgIpc) is 2.49. The van der Waals surface area contributed by atoms with Gasteiger partial charge in [0.1, 0.15) is 0 Å². The summed E-state index contributed by atoms with van der Waals surface area (Å²) in [5.74, 6) is 1.49. The fourth-order valence-electron chi connectivity index (χ4n) is 2.83. The third-order valence-electron chi connectivity index (χ3n) is 3.50. The van der Waals surface area contributed by atoms with Gasteiger partial charge in [-0.3, -0.25) is 5.10 Å². The van der Waals surface area contributed by atoms with Crippen LogP contribution in [-0.4, -0.2) is 10.2 Å². The molecule has 3 rings (SSSR count). The summed E-state index contributed by atoms with van der Waals surface area (Å²) in [4.78, 5) is 0. The Balaban J connectivity index is 1.91. The van der Waals surface area contributed by atoms with Crippen LogP contribution in [-0.2, 0) is 0 Å². The highest BCUT2D eigenvalue weighted by Gasteiger charge is 2.55. The quantitative estimate of drug-likeness (QED) is 0.692. The Hall–Kier alpha value is -1.06. The summed E-state index contributed by atoms with van der Waals surface area (Å²) >= 11 is 0. The normalized spacial score (nSPS) is 36.2. The molecule has 1 aromatic heterocycles. The molecule has 0 aromatic carbocycles. The summed E-state index contributed by atoms with van der Waals surface area (Å²) in [6, 6.07) is 0. The van der Waals surface area contributed by atoms with Crippen LogP contribution >= 0.6 is 0 Å². The summed E-state index contributed by atoms with van der Waals surface area (Å²) < 4.78 is 13.3. The van der Waals surface area contributed by atoms with E-state index >= 15 is 0 Å². The molecule has 1 aromatic rings. The smallest absolute Gasteiger partial charge is 0.188 e. The van der Waals surface area contributed by atoms with Crippen LogP contribution in [0.15, 0.2) is 0 Å². The molecule has 2 unspecified atom stereocenters. The molecule has 2 aliphatic rings. The van der Waals surface area contributed by atoms with Crippen LogP contribution in [0.4, 0.5) is 10.2 Å². The fourth-order valence-corrected chi connectivity index (χ4v) is 2.83. The molecule has 0 amide bonds. The Morgan fingerprint density at radius 1 is 1.38 bits per heavy atom. The summed E-state index contributed by atoms with van der Waals surface area (Å²) in [5, 5.41) is 6.40. The average molecular weight is 181 g/mol. The number of hydrogen-bond acceptors (Lipinski definition) is 2. The minimum atomic E-state index is -0.320. The van der Waals surface area contributed by atoms with Crippen molar-refractivity contribution in [3.8, 4) is 0 Å². The second-order valence-corrected chi connectivity index (χ2v) is 4.12. The number of nitrogens with two attached hydrogens (primary N) is 1. The Morgan fingerprint density at radius 3 is 2.62 bits per heavy atom. The molecule has 0 saturated heterocycles. The zero-order valence-electron chi connectivity index (χ0n) is 7.26. The van der Waals surface area contributed by atoms with Crippen LogP contribution in [0.1, 0.15) is 30.9 Å². The number of nitrogens with one attached hydrogen (secondary N) is 1. The number of nitrogens with zero attached hydrogens (tertiary/aromatic N) is 1. The van der Waals surface area contributed by atoms with Crippen molar-refractivity contribution in [2.24, 2.45) is 11.8 Å². The van der Waals surface area contributed by atoms with Crippen molar-refractivity contribution in [3.63, 3.8) is 0 Å². The zero-order chi connectivity index (χ0) is 9.00. The van der Waals surface area contributed by atoms with E-state index < -0.39 is 0 Å². The van der Waals surface area contributed by atoms with E-state index in [1.807, 2.05) is 0 Å². The van der Waals surface area contributed by atoms with Gasteiger partial charge >= 0.3 is 0 Å². The number of nitrogen functional groups attached to an aromatic ring is 1. The predicted molar refractivity (Wildman–Crippen MR) is 46.5 cm³/mol. The fraction of sp³-hybridized carbons (Fsp3) is 0.667. The Labute approximate surface area is 75.5 Å². The van der Waals surface area contributed by atoms with Crippen molar-refractivity contribution < 1.29 is 4.39 Å². The van der Waals surface area contributed by atoms with Gasteiger partial charge in [-0.05, 0) is 24.7 Å². The first-order valence-corrected chi connectivity index (χ1v) is 4.78. The molecule has 2 aliphatic carbocycles. The molecule has 0 bridgehead atoms. The van der Waals surface area contributed by atoms with Crippen molar-refractivity contribution in [3.05, 3.63) is 11.5 Å². The molecule has 1 heterocycles. The maximum atomic E-state index is 13.3. The lowest BCUT2D eigenvalue weighted by Crippen LogP contribution is -1.92. The molecule has 0 aliphatic heterocycles. The van der Waals surface area contributed by atoms with E-state index in [1.54, 1.807) is 0 Å². The van der Waals surface area contributed by atoms with Crippen LogP contribution in [0.2, 0.25) is 0 Å². The van der Waals surface area contributed by atoms with Gasteiger partial charge in [-0.15, -0.1) is 0 Å². The maximum Gasteiger partial charge on any atom is 0.188 e. The van der Waals surface area contributed by atoms with E-state index in [0.29, 0.717) is 23.4 Å². The molecule has 4 heteroatoms. The number of rotatable bonds is 1. The molecular formula is C9H12FN3. The van der Waals surface area contributed by atoms with Gasteiger partial charge in [-0.25, -0.2) is 4.39 Å². The van der Waals surface area contributed by atoms with E-state index in [1.165, 1.54) is 19.3 Å². The van der Waals surface area contributed by atoms with Crippen LogP contribution in [0.25, 0.3) is 0 Å². The number of aromatic nitrogens is 2. The summed E-state index contributed by atoms with van der Waals surface area (Å²) in [7, 11) is 0. The Kier molecular flexibility index (Phi) is 1.27. The van der Waals surface area contributed by atoms with Crippen LogP contribution in [0.5, 0.6) is 0 Å². The number of hydrogen-bond donors (Lipinski definition) is 2. The molecule has 2 saturated carbocycles. The van der Waals surface area contributed by atoms with Gasteiger partial charge in [0.25, 0.3) is 0 Å². The summed E-state index contributed by atoms with van der Waals surface area (Å²) in [6.07, 6.45) is 3.79. The molecular weight excluding hydrogens is 169 g/mol. The summed E-state index contributed by atoms with van der Waals surface area (Å²) in [6.45, 7) is 0. The minimum Gasteiger partial charge on any atom is -0.380 e. The van der Waals surface area contributed by atoms with E-state index in [4.69, 9.17) is 5.73 Å². The molecule has 0 radical (unpaired) electrons. The van der Waals surface area contributed by atoms with Crippen LogP contribution < -0.4 is 5.73 Å². The van der Waals surface area contributed by atoms with Crippen LogP contribution in [0.3, 0.4) is 0 Å². The highest BCUT2D eigenvalue weighted by Crippen LogP contribution is 2.63. The van der Waals surface area contributed by atoms with Gasteiger partial charge in [0.05, 0.1) is 5.69 Å². The minimum absolute atomic E-state index is 0.0139. The van der Waals surface area contributed by atoms with E-state index in [0.717, 1.165) is 0 Å². The van der Waals surface area contributed by atoms with Crippen molar-refractivity contribution in [1.29, 1.82) is 0 Å². The molecule has 13 heavy (non-hydrogen) atoms. The lowest BCUT2D eigenvalue weighted by atomic mass is 10.1. The first-order valence-electron chi connectivity index (χ1n) is 4.78. The Bertz CT molecular complexity index is 337.